The summed E-state index contributed by atoms with van der Waals surface area (Å²) in [4.78, 5) is 21.5. The quantitative estimate of drug-likeness (QED) is 0.294. The van der Waals surface area contributed by atoms with E-state index in [1.165, 1.54) is 4.90 Å². The van der Waals surface area contributed by atoms with E-state index in [4.69, 9.17) is 37.8 Å². The lowest BCUT2D eigenvalue weighted by atomic mass is 10.0. The number of rotatable bonds is 6. The highest BCUT2D eigenvalue weighted by molar-refractivity contribution is 7.91. The first-order chi connectivity index (χ1) is 23.3. The number of hydrogen-bond acceptors (Lipinski definition) is 8. The molecule has 0 unspecified atom stereocenters. The normalized spacial score (nSPS) is 16.0. The van der Waals surface area contributed by atoms with Gasteiger partial charge in [-0.3, -0.25) is 0 Å². The van der Waals surface area contributed by atoms with Crippen molar-refractivity contribution < 1.29 is 75.8 Å². The highest BCUT2D eigenvalue weighted by Crippen LogP contribution is 2.36. The Labute approximate surface area is 302 Å². The number of halogens is 11. The molecule has 2 heterocycles. The number of benzene rings is 2. The summed E-state index contributed by atoms with van der Waals surface area (Å²) < 4.78 is 161. The Morgan fingerprint density at radius 2 is 1.13 bits per heavy atom. The molecule has 0 atom stereocenters. The smallest absolute Gasteiger partial charge is 0.475 e. The first-order valence-corrected chi connectivity index (χ1v) is 18.6. The van der Waals surface area contributed by atoms with Gasteiger partial charge in [-0.25, -0.2) is 26.4 Å². The molecule has 23 heteroatoms. The molecule has 10 nitrogen and oxygen atoms in total. The van der Waals surface area contributed by atoms with Crippen molar-refractivity contribution in [2.24, 2.45) is 11.8 Å². The number of ether oxygens (including phenoxy) is 1. The maximum Gasteiger partial charge on any atom is 0.490 e. The Hall–Kier alpha value is -3.01. The molecule has 2 aliphatic heterocycles. The van der Waals surface area contributed by atoms with E-state index in [-0.39, 0.29) is 51.2 Å². The fourth-order valence-corrected chi connectivity index (χ4v) is 8.65. The van der Waals surface area contributed by atoms with Crippen LogP contribution in [0.3, 0.4) is 0 Å². The van der Waals surface area contributed by atoms with Gasteiger partial charge in [-0.05, 0) is 63.1 Å². The van der Waals surface area contributed by atoms with Crippen molar-refractivity contribution in [1.29, 1.82) is 0 Å². The molecule has 2 N–H and O–H groups in total. The molecule has 2 saturated heterocycles. The molecule has 0 spiro atoms. The van der Waals surface area contributed by atoms with Gasteiger partial charge in [-0.15, -0.1) is 0 Å². The molecule has 0 bridgehead atoms. The number of carboxylic acids is 1. The monoisotopic (exact) mass is 840 g/mol. The standard InChI is InChI=1S/C16H19ClF3NO4S.C11H11ClF3NO2S.C2HF3O2/c1-15(2,3)25-14(22)21-7-10(8-21)9-26(23,24)13-5-4-11(6-12(13)17)16(18,19)20;12-9-3-8(11(13,14)15)1-2-10(9)19(17,18)6-7-4-16-5-7;3-2(4,5)1(6)7/h4-6,10H,7-9H2,1-3H3;1-3,7,16H,4-6H2;(H,6,7). The number of amides is 1. The Bertz CT molecular complexity index is 1820. The summed E-state index contributed by atoms with van der Waals surface area (Å²) in [6.07, 6.45) is -14.8. The van der Waals surface area contributed by atoms with Crippen LogP contribution in [0.15, 0.2) is 46.2 Å². The van der Waals surface area contributed by atoms with Gasteiger partial charge in [-0.2, -0.15) is 39.5 Å². The second-order valence-corrected chi connectivity index (χ2v) is 17.2. The summed E-state index contributed by atoms with van der Waals surface area (Å²) in [7, 11) is -7.53. The van der Waals surface area contributed by atoms with Crippen LogP contribution >= 0.6 is 23.2 Å². The molecule has 0 aliphatic carbocycles. The van der Waals surface area contributed by atoms with Crippen molar-refractivity contribution >= 4 is 54.9 Å². The molecular formula is C29H31Cl2F9N2O8S2. The van der Waals surface area contributed by atoms with Gasteiger partial charge in [-0.1, -0.05) is 23.2 Å². The SMILES string of the molecule is CC(C)(C)OC(=O)N1CC(CS(=O)(=O)c2ccc(C(F)(F)F)cc2Cl)C1.O=C(O)C(F)(F)F.O=S(=O)(CC1CNC1)c1ccc(C(F)(F)F)cc1Cl. The first-order valence-electron chi connectivity index (χ1n) is 14.5. The number of nitrogens with one attached hydrogen (secondary N) is 1. The van der Waals surface area contributed by atoms with Gasteiger partial charge in [0.05, 0.1) is 42.5 Å². The van der Waals surface area contributed by atoms with Gasteiger partial charge in [0.15, 0.2) is 19.7 Å². The summed E-state index contributed by atoms with van der Waals surface area (Å²) in [5.41, 5.74) is -2.62. The van der Waals surface area contributed by atoms with Crippen LogP contribution < -0.4 is 5.32 Å². The average Bonchev–Trinajstić information content (AvgIpc) is 2.90. The highest BCUT2D eigenvalue weighted by Gasteiger charge is 2.39. The van der Waals surface area contributed by atoms with E-state index in [9.17, 15) is 61.1 Å². The number of alkyl halides is 9. The van der Waals surface area contributed by atoms with Crippen molar-refractivity contribution in [3.63, 3.8) is 0 Å². The lowest BCUT2D eigenvalue weighted by Crippen LogP contribution is -2.53. The molecule has 294 valence electrons. The van der Waals surface area contributed by atoms with E-state index in [0.29, 0.717) is 31.3 Å². The molecular weight excluding hydrogens is 810 g/mol. The Balaban J connectivity index is 0.000000314. The summed E-state index contributed by atoms with van der Waals surface area (Å²) >= 11 is 11.4. The number of carbonyl (C=O) groups excluding carboxylic acids is 1. The van der Waals surface area contributed by atoms with E-state index < -0.39 is 72.0 Å². The fraction of sp³-hybridized carbons (Fsp3) is 0.517. The number of likely N-dealkylation sites (tertiary alicyclic amines) is 1. The minimum atomic E-state index is -5.08. The van der Waals surface area contributed by atoms with Crippen LogP contribution in [0, 0.1) is 11.8 Å². The van der Waals surface area contributed by atoms with Gasteiger partial charge in [0.1, 0.15) is 5.60 Å². The number of hydrogen-bond donors (Lipinski definition) is 2. The van der Waals surface area contributed by atoms with Gasteiger partial charge >= 0.3 is 30.6 Å². The van der Waals surface area contributed by atoms with Crippen molar-refractivity contribution in [1.82, 2.24) is 10.2 Å². The molecule has 0 radical (unpaired) electrons. The molecule has 52 heavy (non-hydrogen) atoms. The maximum absolute atomic E-state index is 12.6. The highest BCUT2D eigenvalue weighted by atomic mass is 35.5. The van der Waals surface area contributed by atoms with Crippen molar-refractivity contribution in [2.45, 2.75) is 54.7 Å². The minimum absolute atomic E-state index is 0.0108. The third kappa shape index (κ3) is 13.4. The van der Waals surface area contributed by atoms with Crippen LogP contribution in [0.5, 0.6) is 0 Å². The summed E-state index contributed by atoms with van der Waals surface area (Å²) in [5.74, 6) is -3.51. The second-order valence-electron chi connectivity index (χ2n) is 12.4. The molecule has 2 aliphatic rings. The molecule has 0 aromatic heterocycles. The third-order valence-electron chi connectivity index (χ3n) is 6.82. The van der Waals surface area contributed by atoms with E-state index in [2.05, 4.69) is 5.32 Å². The Morgan fingerprint density at radius 3 is 1.40 bits per heavy atom. The van der Waals surface area contributed by atoms with Gasteiger partial charge < -0.3 is 20.1 Å². The van der Waals surface area contributed by atoms with E-state index in [0.717, 1.165) is 18.2 Å². The van der Waals surface area contributed by atoms with Crippen molar-refractivity contribution in [2.75, 3.05) is 37.7 Å². The largest absolute Gasteiger partial charge is 0.490 e. The molecule has 0 saturated carbocycles. The number of carbonyl (C=O) groups is 2. The van der Waals surface area contributed by atoms with Gasteiger partial charge in [0.25, 0.3) is 0 Å². The molecule has 1 amide bonds. The molecule has 2 fully saturated rings. The van der Waals surface area contributed by atoms with Crippen LogP contribution in [0.4, 0.5) is 44.3 Å². The predicted octanol–water partition coefficient (Wildman–Crippen LogP) is 6.98. The second kappa shape index (κ2) is 16.6. The van der Waals surface area contributed by atoms with Crippen molar-refractivity contribution in [3.8, 4) is 0 Å². The molecule has 4 rings (SSSR count). The first kappa shape index (κ1) is 45.1. The number of nitrogens with zero attached hydrogens (tertiary/aromatic N) is 1. The van der Waals surface area contributed by atoms with E-state index in [1.807, 2.05) is 0 Å². The zero-order valence-electron chi connectivity index (χ0n) is 27.1. The van der Waals surface area contributed by atoms with Crippen LogP contribution in [0.25, 0.3) is 0 Å². The van der Waals surface area contributed by atoms with Crippen LogP contribution in [-0.2, 0) is 41.6 Å². The minimum Gasteiger partial charge on any atom is -0.475 e. The number of carboxylic acid groups (broad SMARTS) is 1. The zero-order valence-corrected chi connectivity index (χ0v) is 30.2. The lowest BCUT2D eigenvalue weighted by molar-refractivity contribution is -0.192. The van der Waals surface area contributed by atoms with Gasteiger partial charge in [0, 0.05) is 32.1 Å². The molecule has 2 aromatic rings. The Kier molecular flexibility index (Phi) is 14.4. The fourth-order valence-electron chi connectivity index (χ4n) is 4.28. The Morgan fingerprint density at radius 1 is 0.769 bits per heavy atom. The van der Waals surface area contributed by atoms with E-state index >= 15 is 0 Å². The average molecular weight is 842 g/mol. The maximum atomic E-state index is 12.6. The topological polar surface area (TPSA) is 147 Å². The number of aliphatic carboxylic acids is 1. The third-order valence-corrected chi connectivity index (χ3v) is 11.5. The number of sulfone groups is 2. The lowest BCUT2D eigenvalue weighted by Gasteiger charge is -2.39. The van der Waals surface area contributed by atoms with Crippen LogP contribution in [0.2, 0.25) is 10.0 Å². The zero-order chi connectivity index (χ0) is 40.3. The van der Waals surface area contributed by atoms with Gasteiger partial charge in [0.2, 0.25) is 0 Å². The summed E-state index contributed by atoms with van der Waals surface area (Å²) in [5, 5.41) is 9.20. The van der Waals surface area contributed by atoms with Crippen LogP contribution in [0.1, 0.15) is 31.9 Å². The predicted molar refractivity (Wildman–Crippen MR) is 168 cm³/mol. The van der Waals surface area contributed by atoms with Crippen LogP contribution in [-0.4, -0.2) is 88.4 Å². The summed E-state index contributed by atoms with van der Waals surface area (Å²) in [6.45, 7) is 6.76. The molecule has 2 aromatic carbocycles. The van der Waals surface area contributed by atoms with E-state index in [1.54, 1.807) is 20.8 Å². The summed E-state index contributed by atoms with van der Waals surface area (Å²) in [6, 6.07) is 4.46. The van der Waals surface area contributed by atoms with Crippen molar-refractivity contribution in [3.05, 3.63) is 57.6 Å².